The molecule has 1 saturated heterocycles. The number of carbonyl (C=O) groups is 2. The van der Waals surface area contributed by atoms with Crippen molar-refractivity contribution in [3.8, 4) is 0 Å². The average molecular weight is 394 g/mol. The van der Waals surface area contributed by atoms with Crippen molar-refractivity contribution in [1.29, 1.82) is 0 Å². The van der Waals surface area contributed by atoms with E-state index >= 15 is 0 Å². The third-order valence-corrected chi connectivity index (χ3v) is 8.12. The molecule has 3 heterocycles. The Bertz CT molecular complexity index is 826. The number of anilines is 1. The normalized spacial score (nSPS) is 25.0. The van der Waals surface area contributed by atoms with E-state index in [1.165, 1.54) is 11.3 Å². The zero-order valence-corrected chi connectivity index (χ0v) is 16.7. The van der Waals surface area contributed by atoms with Crippen LogP contribution in [0.3, 0.4) is 0 Å². The molecule has 0 unspecified atom stereocenters. The molecule has 2 aliphatic rings. The van der Waals surface area contributed by atoms with Crippen LogP contribution in [0.5, 0.6) is 0 Å². The molecule has 1 saturated carbocycles. The number of hydrogen-bond donors (Lipinski definition) is 1. The number of thiazole rings is 1. The molecule has 1 amide bonds. The zero-order valence-electron chi connectivity index (χ0n) is 15.0. The molecule has 4 rings (SSSR count). The number of rotatable bonds is 5. The van der Waals surface area contributed by atoms with Crippen molar-refractivity contribution >= 4 is 49.2 Å². The Morgan fingerprint density at radius 1 is 1.38 bits per heavy atom. The smallest absolute Gasteiger partial charge is 0.311 e. The van der Waals surface area contributed by atoms with Crippen molar-refractivity contribution in [2.75, 3.05) is 31.1 Å². The summed E-state index contributed by atoms with van der Waals surface area (Å²) in [5.74, 6) is -0.690. The topological polar surface area (TPSA) is 73.7 Å². The van der Waals surface area contributed by atoms with Crippen LogP contribution in [0.2, 0.25) is 0 Å². The van der Waals surface area contributed by atoms with Crippen molar-refractivity contribution in [3.05, 3.63) is 10.9 Å². The first-order chi connectivity index (χ1) is 12.5. The lowest BCUT2D eigenvalue weighted by atomic mass is 9.81. The fourth-order valence-electron chi connectivity index (χ4n) is 4.41. The highest BCUT2D eigenvalue weighted by Crippen LogP contribution is 2.49. The number of carbonyl (C=O) groups excluding carboxylic acids is 1. The van der Waals surface area contributed by atoms with Crippen LogP contribution in [0, 0.1) is 11.3 Å². The second kappa shape index (κ2) is 6.49. The van der Waals surface area contributed by atoms with Crippen molar-refractivity contribution in [1.82, 2.24) is 9.88 Å². The van der Waals surface area contributed by atoms with E-state index in [-0.39, 0.29) is 11.8 Å². The van der Waals surface area contributed by atoms with Gasteiger partial charge in [-0.05, 0) is 38.7 Å². The third-order valence-electron chi connectivity index (χ3n) is 5.91. The molecule has 2 atom stereocenters. The van der Waals surface area contributed by atoms with Crippen LogP contribution in [-0.4, -0.2) is 53.0 Å². The number of carboxylic acids is 1. The minimum atomic E-state index is -0.743. The summed E-state index contributed by atoms with van der Waals surface area (Å²) < 4.78 is 1.03. The summed E-state index contributed by atoms with van der Waals surface area (Å²) in [4.78, 5) is 35.0. The number of aliphatic carboxylic acids is 1. The van der Waals surface area contributed by atoms with Crippen LogP contribution in [0.4, 0.5) is 5.13 Å². The van der Waals surface area contributed by atoms with Gasteiger partial charge in [-0.25, -0.2) is 4.98 Å². The first kappa shape index (κ1) is 17.7. The van der Waals surface area contributed by atoms with Crippen molar-refractivity contribution in [2.45, 2.75) is 33.1 Å². The maximum atomic E-state index is 13.0. The first-order valence-electron chi connectivity index (χ1n) is 9.16. The van der Waals surface area contributed by atoms with Crippen LogP contribution in [0.1, 0.15) is 42.8 Å². The van der Waals surface area contributed by atoms with Gasteiger partial charge in [0.05, 0.1) is 15.0 Å². The summed E-state index contributed by atoms with van der Waals surface area (Å²) in [7, 11) is 0. The van der Waals surface area contributed by atoms with E-state index in [2.05, 4.69) is 23.7 Å². The fourth-order valence-corrected chi connectivity index (χ4v) is 6.71. The SMILES string of the molecule is CCN(CC)c1nc2sc(C(=O)N3C[C@@H]4CCC[C@@]4(C(=O)O)C3)cc2s1. The van der Waals surface area contributed by atoms with Gasteiger partial charge in [-0.2, -0.15) is 0 Å². The number of hydrogen-bond acceptors (Lipinski definition) is 6. The number of carboxylic acid groups (broad SMARTS) is 1. The molecule has 2 aromatic rings. The number of nitrogens with zero attached hydrogens (tertiary/aromatic N) is 3. The summed E-state index contributed by atoms with van der Waals surface area (Å²) >= 11 is 3.04. The number of likely N-dealkylation sites (tertiary alicyclic amines) is 1. The summed E-state index contributed by atoms with van der Waals surface area (Å²) in [6.45, 7) is 6.95. The molecule has 2 fully saturated rings. The van der Waals surface area contributed by atoms with Crippen LogP contribution in [0.15, 0.2) is 6.07 Å². The molecule has 0 radical (unpaired) electrons. The molecule has 1 N–H and O–H groups in total. The molecule has 1 aliphatic heterocycles. The number of fused-ring (bicyclic) bond motifs is 2. The van der Waals surface area contributed by atoms with Gasteiger partial charge in [0.1, 0.15) is 4.83 Å². The van der Waals surface area contributed by atoms with E-state index in [9.17, 15) is 14.7 Å². The number of aromatic nitrogens is 1. The maximum absolute atomic E-state index is 13.0. The molecule has 0 bridgehead atoms. The zero-order chi connectivity index (χ0) is 18.5. The maximum Gasteiger partial charge on any atom is 0.311 e. The van der Waals surface area contributed by atoms with E-state index < -0.39 is 11.4 Å². The van der Waals surface area contributed by atoms with Crippen LogP contribution >= 0.6 is 22.7 Å². The van der Waals surface area contributed by atoms with Crippen LogP contribution in [0.25, 0.3) is 9.53 Å². The Labute approximate surface area is 160 Å². The Balaban J connectivity index is 1.55. The van der Waals surface area contributed by atoms with Crippen molar-refractivity contribution in [3.63, 3.8) is 0 Å². The molecule has 8 heteroatoms. The van der Waals surface area contributed by atoms with E-state index in [0.717, 1.165) is 40.6 Å². The lowest BCUT2D eigenvalue weighted by molar-refractivity contribution is -0.149. The largest absolute Gasteiger partial charge is 0.481 e. The molecule has 0 spiro atoms. The molecule has 26 heavy (non-hydrogen) atoms. The molecule has 1 aliphatic carbocycles. The molecule has 6 nitrogen and oxygen atoms in total. The Morgan fingerprint density at radius 3 is 2.77 bits per heavy atom. The first-order valence-corrected chi connectivity index (χ1v) is 10.8. The highest BCUT2D eigenvalue weighted by molar-refractivity contribution is 7.29. The molecule has 140 valence electrons. The van der Waals surface area contributed by atoms with Crippen molar-refractivity contribution < 1.29 is 14.7 Å². The Morgan fingerprint density at radius 2 is 2.15 bits per heavy atom. The molecular weight excluding hydrogens is 370 g/mol. The minimum Gasteiger partial charge on any atom is -0.481 e. The lowest BCUT2D eigenvalue weighted by Crippen LogP contribution is -2.37. The van der Waals surface area contributed by atoms with Gasteiger partial charge in [-0.3, -0.25) is 9.59 Å². The summed E-state index contributed by atoms with van der Waals surface area (Å²) in [5.41, 5.74) is -0.724. The van der Waals surface area contributed by atoms with Gasteiger partial charge in [0, 0.05) is 26.2 Å². The molecular formula is C18H23N3O3S2. The Hall–Kier alpha value is -1.67. The van der Waals surface area contributed by atoms with Crippen molar-refractivity contribution in [2.24, 2.45) is 11.3 Å². The second-order valence-corrected chi connectivity index (χ2v) is 9.22. The highest BCUT2D eigenvalue weighted by Gasteiger charge is 2.55. The van der Waals surface area contributed by atoms with Crippen LogP contribution < -0.4 is 4.90 Å². The van der Waals surface area contributed by atoms with Gasteiger partial charge in [0.15, 0.2) is 5.13 Å². The summed E-state index contributed by atoms with van der Waals surface area (Å²) in [6, 6.07) is 1.93. The standard InChI is InChI=1S/C18H23N3O3S2/c1-3-20(4-2)17-19-14-12(26-17)8-13(25-14)15(22)21-9-11-6-5-7-18(11,10-21)16(23)24/h8,11H,3-7,9-10H2,1-2H3,(H,23,24)/t11-,18+/m0/s1. The van der Waals surface area contributed by atoms with E-state index in [4.69, 9.17) is 0 Å². The minimum absolute atomic E-state index is 0.0420. The van der Waals surface area contributed by atoms with E-state index in [0.29, 0.717) is 24.4 Å². The van der Waals surface area contributed by atoms with Gasteiger partial charge in [-0.1, -0.05) is 17.8 Å². The van der Waals surface area contributed by atoms with Gasteiger partial charge >= 0.3 is 5.97 Å². The second-order valence-electron chi connectivity index (χ2n) is 7.18. The lowest BCUT2D eigenvalue weighted by Gasteiger charge is -2.23. The van der Waals surface area contributed by atoms with E-state index in [1.807, 2.05) is 6.07 Å². The van der Waals surface area contributed by atoms with Crippen LogP contribution in [-0.2, 0) is 4.79 Å². The van der Waals surface area contributed by atoms with Gasteiger partial charge in [0.25, 0.3) is 5.91 Å². The summed E-state index contributed by atoms with van der Waals surface area (Å²) in [5, 5.41) is 10.7. The van der Waals surface area contributed by atoms with Gasteiger partial charge in [0.2, 0.25) is 0 Å². The highest BCUT2D eigenvalue weighted by atomic mass is 32.1. The number of amides is 1. The van der Waals surface area contributed by atoms with E-state index in [1.54, 1.807) is 16.2 Å². The molecule has 0 aromatic carbocycles. The fraction of sp³-hybridized carbons (Fsp3) is 0.611. The monoisotopic (exact) mass is 393 g/mol. The Kier molecular flexibility index (Phi) is 4.43. The van der Waals surface area contributed by atoms with Gasteiger partial charge in [-0.15, -0.1) is 11.3 Å². The number of thiophene rings is 1. The van der Waals surface area contributed by atoms with Gasteiger partial charge < -0.3 is 14.9 Å². The predicted octanol–water partition coefficient (Wildman–Crippen LogP) is 3.53. The molecule has 2 aromatic heterocycles. The quantitative estimate of drug-likeness (QED) is 0.841. The third kappa shape index (κ3) is 2.62. The predicted molar refractivity (Wildman–Crippen MR) is 104 cm³/mol. The average Bonchev–Trinajstić information content (AvgIpc) is 3.32. The summed E-state index contributed by atoms with van der Waals surface area (Å²) in [6.07, 6.45) is 2.54.